The summed E-state index contributed by atoms with van der Waals surface area (Å²) in [6.07, 6.45) is 0.860. The molecule has 0 spiro atoms. The molecular formula is C17H24Cl2N4O4. The van der Waals surface area contributed by atoms with Crippen LogP contribution in [0.3, 0.4) is 0 Å². The normalized spacial score (nSPS) is 15.5. The van der Waals surface area contributed by atoms with Crippen molar-refractivity contribution in [1.82, 2.24) is 15.5 Å². The van der Waals surface area contributed by atoms with Gasteiger partial charge in [-0.1, -0.05) is 25.4 Å². The van der Waals surface area contributed by atoms with Crippen LogP contribution in [-0.2, 0) is 4.79 Å². The Morgan fingerprint density at radius 2 is 2.00 bits per heavy atom. The highest BCUT2D eigenvalue weighted by Gasteiger charge is 2.30. The molecule has 1 aliphatic heterocycles. The van der Waals surface area contributed by atoms with Crippen LogP contribution in [0.4, 0.5) is 5.69 Å². The lowest BCUT2D eigenvalue weighted by Gasteiger charge is -2.28. The number of hydrogen-bond donors (Lipinski definition) is 2. The van der Waals surface area contributed by atoms with Crippen molar-refractivity contribution in [2.24, 2.45) is 5.92 Å². The van der Waals surface area contributed by atoms with E-state index in [-0.39, 0.29) is 40.5 Å². The summed E-state index contributed by atoms with van der Waals surface area (Å²) >= 11 is 6.01. The molecule has 150 valence electrons. The van der Waals surface area contributed by atoms with Gasteiger partial charge in [0.1, 0.15) is 6.04 Å². The molecule has 1 saturated heterocycles. The first-order chi connectivity index (χ1) is 12.3. The fourth-order valence-electron chi connectivity index (χ4n) is 2.80. The maximum atomic E-state index is 12.8. The fraction of sp³-hybridized carbons (Fsp3) is 0.529. The second-order valence-electron chi connectivity index (χ2n) is 6.55. The van der Waals surface area contributed by atoms with Gasteiger partial charge in [0.15, 0.2) is 0 Å². The SMILES string of the molecule is CC(C)C(NC(=O)c1ccc([N+](=O)[O-])cc1Cl)C(=O)N1CCCNCC1.Cl. The molecule has 2 N–H and O–H groups in total. The Kier molecular flexibility index (Phi) is 8.95. The largest absolute Gasteiger partial charge is 0.340 e. The fourth-order valence-corrected chi connectivity index (χ4v) is 3.06. The predicted molar refractivity (Wildman–Crippen MR) is 106 cm³/mol. The zero-order chi connectivity index (χ0) is 19.3. The molecule has 0 bridgehead atoms. The van der Waals surface area contributed by atoms with E-state index in [0.717, 1.165) is 25.6 Å². The van der Waals surface area contributed by atoms with Crippen LogP contribution in [0, 0.1) is 16.0 Å². The molecule has 2 amide bonds. The first kappa shape index (κ1) is 23.1. The van der Waals surface area contributed by atoms with Gasteiger partial charge >= 0.3 is 0 Å². The van der Waals surface area contributed by atoms with Gasteiger partial charge in [0, 0.05) is 31.8 Å². The van der Waals surface area contributed by atoms with Crippen molar-refractivity contribution in [3.8, 4) is 0 Å². The zero-order valence-corrected chi connectivity index (χ0v) is 16.8. The average Bonchev–Trinajstić information content (AvgIpc) is 2.87. The van der Waals surface area contributed by atoms with E-state index in [1.165, 1.54) is 12.1 Å². The maximum Gasteiger partial charge on any atom is 0.270 e. The van der Waals surface area contributed by atoms with E-state index in [1.807, 2.05) is 13.8 Å². The summed E-state index contributed by atoms with van der Waals surface area (Å²) in [5, 5.41) is 16.7. The molecule has 1 unspecified atom stereocenters. The van der Waals surface area contributed by atoms with Gasteiger partial charge in [-0.25, -0.2) is 0 Å². The molecule has 1 aromatic rings. The van der Waals surface area contributed by atoms with Crippen LogP contribution in [0.5, 0.6) is 0 Å². The van der Waals surface area contributed by atoms with Crippen LogP contribution in [0.25, 0.3) is 0 Å². The number of nitrogens with zero attached hydrogens (tertiary/aromatic N) is 2. The Balaban J connectivity index is 0.00000364. The van der Waals surface area contributed by atoms with Crippen LogP contribution in [0.15, 0.2) is 18.2 Å². The van der Waals surface area contributed by atoms with Gasteiger partial charge in [0.25, 0.3) is 11.6 Å². The van der Waals surface area contributed by atoms with Crippen LogP contribution in [0.1, 0.15) is 30.6 Å². The third-order valence-corrected chi connectivity index (χ3v) is 4.59. The van der Waals surface area contributed by atoms with E-state index in [1.54, 1.807) is 4.90 Å². The number of rotatable bonds is 5. The van der Waals surface area contributed by atoms with Crippen molar-refractivity contribution in [3.05, 3.63) is 38.9 Å². The van der Waals surface area contributed by atoms with Gasteiger partial charge < -0.3 is 15.5 Å². The van der Waals surface area contributed by atoms with Gasteiger partial charge in [0.2, 0.25) is 5.91 Å². The Hall–Kier alpha value is -1.90. The smallest absolute Gasteiger partial charge is 0.270 e. The lowest BCUT2D eigenvalue weighted by molar-refractivity contribution is -0.384. The number of nitrogens with one attached hydrogen (secondary N) is 2. The highest BCUT2D eigenvalue weighted by molar-refractivity contribution is 6.34. The highest BCUT2D eigenvalue weighted by Crippen LogP contribution is 2.23. The van der Waals surface area contributed by atoms with Crippen molar-refractivity contribution in [2.45, 2.75) is 26.3 Å². The summed E-state index contributed by atoms with van der Waals surface area (Å²) in [4.78, 5) is 37.4. The number of non-ortho nitro benzene ring substituents is 1. The molecule has 8 nitrogen and oxygen atoms in total. The van der Waals surface area contributed by atoms with Crippen LogP contribution in [-0.4, -0.2) is 53.9 Å². The number of benzene rings is 1. The van der Waals surface area contributed by atoms with E-state index in [2.05, 4.69) is 10.6 Å². The van der Waals surface area contributed by atoms with Crippen LogP contribution >= 0.6 is 24.0 Å². The predicted octanol–water partition coefficient (Wildman–Crippen LogP) is 2.25. The lowest BCUT2D eigenvalue weighted by Crippen LogP contribution is -2.52. The van der Waals surface area contributed by atoms with Crippen LogP contribution in [0.2, 0.25) is 5.02 Å². The summed E-state index contributed by atoms with van der Waals surface area (Å²) < 4.78 is 0. The third kappa shape index (κ3) is 6.05. The minimum absolute atomic E-state index is 0. The number of carbonyl (C=O) groups is 2. The number of hydrogen-bond acceptors (Lipinski definition) is 5. The first-order valence-electron chi connectivity index (χ1n) is 8.55. The molecule has 10 heteroatoms. The van der Waals surface area contributed by atoms with Crippen LogP contribution < -0.4 is 10.6 Å². The van der Waals surface area contributed by atoms with Crippen molar-refractivity contribution >= 4 is 41.5 Å². The number of amides is 2. The third-order valence-electron chi connectivity index (χ3n) is 4.28. The molecule has 2 rings (SSSR count). The molecule has 1 heterocycles. The lowest BCUT2D eigenvalue weighted by atomic mass is 10.0. The maximum absolute atomic E-state index is 12.8. The van der Waals surface area contributed by atoms with Gasteiger partial charge in [0.05, 0.1) is 15.5 Å². The molecular weight excluding hydrogens is 395 g/mol. The standard InChI is InChI=1S/C17H23ClN4O4.ClH/c1-11(2)15(17(24)21-8-3-6-19-7-9-21)20-16(23)13-5-4-12(22(25)26)10-14(13)18;/h4-5,10-11,15,19H,3,6-9H2,1-2H3,(H,20,23);1H. The van der Waals surface area contributed by atoms with Crippen molar-refractivity contribution < 1.29 is 14.5 Å². The summed E-state index contributed by atoms with van der Waals surface area (Å²) in [6, 6.07) is 2.95. The topological polar surface area (TPSA) is 105 Å². The van der Waals surface area contributed by atoms with E-state index < -0.39 is 16.9 Å². The molecule has 1 atom stereocenters. The molecule has 1 fully saturated rings. The quantitative estimate of drug-likeness (QED) is 0.563. The average molecular weight is 419 g/mol. The van der Waals surface area contributed by atoms with E-state index in [4.69, 9.17) is 11.6 Å². The second-order valence-corrected chi connectivity index (χ2v) is 6.95. The minimum atomic E-state index is -0.688. The Labute approximate surface area is 169 Å². The number of nitro benzene ring substituents is 1. The molecule has 0 saturated carbocycles. The van der Waals surface area contributed by atoms with E-state index in [0.29, 0.717) is 13.1 Å². The van der Waals surface area contributed by atoms with Gasteiger partial charge in [-0.05, 0) is 24.9 Å². The molecule has 27 heavy (non-hydrogen) atoms. The minimum Gasteiger partial charge on any atom is -0.340 e. The number of nitro groups is 1. The van der Waals surface area contributed by atoms with Crippen molar-refractivity contribution in [1.29, 1.82) is 0 Å². The Morgan fingerprint density at radius 1 is 1.30 bits per heavy atom. The monoisotopic (exact) mass is 418 g/mol. The molecule has 1 aromatic carbocycles. The molecule has 0 radical (unpaired) electrons. The zero-order valence-electron chi connectivity index (χ0n) is 15.2. The number of halogens is 2. The Bertz CT molecular complexity index is 692. The van der Waals surface area contributed by atoms with Gasteiger partial charge in [-0.15, -0.1) is 12.4 Å². The molecule has 0 aliphatic carbocycles. The van der Waals surface area contributed by atoms with Gasteiger partial charge in [-0.3, -0.25) is 19.7 Å². The van der Waals surface area contributed by atoms with Crippen molar-refractivity contribution in [3.63, 3.8) is 0 Å². The number of carbonyl (C=O) groups excluding carboxylic acids is 2. The van der Waals surface area contributed by atoms with E-state index in [9.17, 15) is 19.7 Å². The summed E-state index contributed by atoms with van der Waals surface area (Å²) in [7, 11) is 0. The summed E-state index contributed by atoms with van der Waals surface area (Å²) in [6.45, 7) is 6.53. The van der Waals surface area contributed by atoms with Gasteiger partial charge in [-0.2, -0.15) is 0 Å². The van der Waals surface area contributed by atoms with E-state index >= 15 is 0 Å². The summed E-state index contributed by atoms with van der Waals surface area (Å²) in [5.74, 6) is -0.764. The Morgan fingerprint density at radius 3 is 2.59 bits per heavy atom. The highest BCUT2D eigenvalue weighted by atomic mass is 35.5. The second kappa shape index (κ2) is 10.4. The molecule has 0 aromatic heterocycles. The summed E-state index contributed by atoms with van der Waals surface area (Å²) in [5.41, 5.74) is -0.0895. The first-order valence-corrected chi connectivity index (χ1v) is 8.93. The molecule has 1 aliphatic rings. The van der Waals surface area contributed by atoms with Crippen molar-refractivity contribution in [2.75, 3.05) is 26.2 Å².